The van der Waals surface area contributed by atoms with E-state index in [0.717, 1.165) is 19.3 Å². The molecule has 254 valence electrons. The topological polar surface area (TPSA) is 161 Å². The second-order valence-electron chi connectivity index (χ2n) is 12.4. The van der Waals surface area contributed by atoms with E-state index in [1.165, 1.54) is 10.9 Å². The molecule has 1 aliphatic heterocycles. The summed E-state index contributed by atoms with van der Waals surface area (Å²) >= 11 is 0. The van der Waals surface area contributed by atoms with Crippen LogP contribution in [0.15, 0.2) is 30.6 Å². The van der Waals surface area contributed by atoms with Crippen molar-refractivity contribution in [3.05, 3.63) is 47.8 Å². The Balaban J connectivity index is 1.57. The number of rotatable bonds is 14. The number of halogens is 1. The number of esters is 3. The number of hydrogen-bond donors (Lipinski definition) is 1. The molecule has 1 aliphatic rings. The SMILES string of the molecule is CCCCCC(=O)OCc1ccccc1C(=O)Nc1nc(F)nc2c1ncn2[C@H]1C[C@H](OC(=O)C(C)C)[C@@](C)(COC(=O)C(C)C)O1. The number of aromatic nitrogens is 4. The van der Waals surface area contributed by atoms with E-state index in [1.54, 1.807) is 58.9 Å². The van der Waals surface area contributed by atoms with E-state index in [4.69, 9.17) is 18.9 Å². The summed E-state index contributed by atoms with van der Waals surface area (Å²) in [6, 6.07) is 6.59. The molecule has 0 spiro atoms. The Morgan fingerprint density at radius 3 is 2.49 bits per heavy atom. The largest absolute Gasteiger partial charge is 0.462 e. The van der Waals surface area contributed by atoms with Crippen LogP contribution in [-0.2, 0) is 39.9 Å². The van der Waals surface area contributed by atoms with Crippen LogP contribution in [0, 0.1) is 17.9 Å². The number of nitrogens with zero attached hydrogens (tertiary/aromatic N) is 4. The Kier molecular flexibility index (Phi) is 11.6. The van der Waals surface area contributed by atoms with Crippen LogP contribution in [0.2, 0.25) is 0 Å². The molecular weight excluding hydrogens is 613 g/mol. The lowest BCUT2D eigenvalue weighted by molar-refractivity contribution is -0.177. The molecular formula is C33H42FN5O8. The molecule has 47 heavy (non-hydrogen) atoms. The normalized spacial score (nSPS) is 19.3. The third-order valence-corrected chi connectivity index (χ3v) is 7.78. The molecule has 1 N–H and O–H groups in total. The molecule has 1 amide bonds. The van der Waals surface area contributed by atoms with Crippen LogP contribution in [-0.4, -0.2) is 61.6 Å². The number of benzene rings is 1. The van der Waals surface area contributed by atoms with Gasteiger partial charge < -0.3 is 24.3 Å². The molecule has 4 rings (SSSR count). The van der Waals surface area contributed by atoms with E-state index in [-0.39, 0.29) is 60.5 Å². The van der Waals surface area contributed by atoms with E-state index >= 15 is 0 Å². The maximum atomic E-state index is 14.8. The Morgan fingerprint density at radius 1 is 1.06 bits per heavy atom. The number of unbranched alkanes of at least 4 members (excludes halogenated alkanes) is 2. The summed E-state index contributed by atoms with van der Waals surface area (Å²) < 4.78 is 39.2. The van der Waals surface area contributed by atoms with Gasteiger partial charge in [0.15, 0.2) is 17.0 Å². The maximum Gasteiger partial charge on any atom is 0.312 e. The zero-order valence-electron chi connectivity index (χ0n) is 27.6. The van der Waals surface area contributed by atoms with Crippen LogP contribution in [0.25, 0.3) is 11.2 Å². The highest BCUT2D eigenvalue weighted by Gasteiger charge is 2.50. The molecule has 13 nitrogen and oxygen atoms in total. The van der Waals surface area contributed by atoms with Crippen molar-refractivity contribution >= 4 is 40.8 Å². The quantitative estimate of drug-likeness (QED) is 0.104. The van der Waals surface area contributed by atoms with E-state index in [0.29, 0.717) is 5.56 Å². The van der Waals surface area contributed by atoms with Gasteiger partial charge in [0.1, 0.15) is 31.1 Å². The minimum atomic E-state index is -1.23. The molecule has 2 aromatic heterocycles. The van der Waals surface area contributed by atoms with Crippen LogP contribution < -0.4 is 5.32 Å². The van der Waals surface area contributed by atoms with Crippen molar-refractivity contribution in [3.63, 3.8) is 0 Å². The highest BCUT2D eigenvalue weighted by Crippen LogP contribution is 2.40. The van der Waals surface area contributed by atoms with Gasteiger partial charge in [-0.05, 0) is 19.4 Å². The maximum absolute atomic E-state index is 14.8. The molecule has 14 heteroatoms. The van der Waals surface area contributed by atoms with E-state index < -0.39 is 47.8 Å². The third-order valence-electron chi connectivity index (χ3n) is 7.78. The Hall–Kier alpha value is -4.46. The molecule has 1 saturated heterocycles. The number of carbonyl (C=O) groups is 4. The average molecular weight is 656 g/mol. The lowest BCUT2D eigenvalue weighted by Crippen LogP contribution is -2.44. The molecule has 1 fully saturated rings. The van der Waals surface area contributed by atoms with Gasteiger partial charge in [0.25, 0.3) is 5.91 Å². The van der Waals surface area contributed by atoms with Crippen molar-refractivity contribution < 1.29 is 42.5 Å². The number of ether oxygens (including phenoxy) is 4. The molecule has 0 bridgehead atoms. The first-order valence-electron chi connectivity index (χ1n) is 15.8. The third kappa shape index (κ3) is 8.67. The van der Waals surface area contributed by atoms with Crippen LogP contribution in [0.5, 0.6) is 0 Å². The van der Waals surface area contributed by atoms with Crippen molar-refractivity contribution in [2.45, 2.75) is 98.2 Å². The predicted molar refractivity (Wildman–Crippen MR) is 167 cm³/mol. The molecule has 0 saturated carbocycles. The monoisotopic (exact) mass is 655 g/mol. The highest BCUT2D eigenvalue weighted by molar-refractivity contribution is 6.07. The van der Waals surface area contributed by atoms with Gasteiger partial charge in [-0.3, -0.25) is 23.7 Å². The summed E-state index contributed by atoms with van der Waals surface area (Å²) in [4.78, 5) is 62.4. The minimum absolute atomic E-state index is 0.0180. The predicted octanol–water partition coefficient (Wildman–Crippen LogP) is 5.29. The second-order valence-corrected chi connectivity index (χ2v) is 12.4. The Morgan fingerprint density at radius 2 is 1.79 bits per heavy atom. The fourth-order valence-electron chi connectivity index (χ4n) is 4.97. The lowest BCUT2D eigenvalue weighted by Gasteiger charge is -2.30. The lowest BCUT2D eigenvalue weighted by atomic mass is 9.99. The number of carbonyl (C=O) groups excluding carboxylic acids is 4. The van der Waals surface area contributed by atoms with Gasteiger partial charge in [-0.15, -0.1) is 0 Å². The van der Waals surface area contributed by atoms with Crippen molar-refractivity contribution in [3.8, 4) is 0 Å². The molecule has 3 atom stereocenters. The first kappa shape index (κ1) is 35.4. The van der Waals surface area contributed by atoms with Crippen molar-refractivity contribution in [2.24, 2.45) is 11.8 Å². The van der Waals surface area contributed by atoms with Crippen molar-refractivity contribution in [1.29, 1.82) is 0 Å². The first-order chi connectivity index (χ1) is 22.3. The van der Waals surface area contributed by atoms with Gasteiger partial charge in [0.2, 0.25) is 0 Å². The number of nitrogens with one attached hydrogen (secondary N) is 1. The summed E-state index contributed by atoms with van der Waals surface area (Å²) in [6.07, 6.45) is 1.59. The molecule has 0 unspecified atom stereocenters. The number of imidazole rings is 1. The zero-order valence-corrected chi connectivity index (χ0v) is 27.6. The summed E-state index contributed by atoms with van der Waals surface area (Å²) in [5.74, 6) is -2.85. The van der Waals surface area contributed by atoms with Crippen molar-refractivity contribution in [1.82, 2.24) is 19.5 Å². The number of fused-ring (bicyclic) bond motifs is 1. The van der Waals surface area contributed by atoms with E-state index in [2.05, 4.69) is 20.3 Å². The number of anilines is 1. The number of amides is 1. The fourth-order valence-corrected chi connectivity index (χ4v) is 4.97. The van der Waals surface area contributed by atoms with Gasteiger partial charge in [-0.2, -0.15) is 14.4 Å². The summed E-state index contributed by atoms with van der Waals surface area (Å²) in [5.41, 5.74) is -0.462. The number of hydrogen-bond acceptors (Lipinski definition) is 11. The van der Waals surface area contributed by atoms with Gasteiger partial charge in [-0.25, -0.2) is 4.98 Å². The smallest absolute Gasteiger partial charge is 0.312 e. The Bertz CT molecular complexity index is 1610. The van der Waals surface area contributed by atoms with Gasteiger partial charge in [0.05, 0.1) is 18.2 Å². The van der Waals surface area contributed by atoms with Gasteiger partial charge in [0, 0.05) is 24.0 Å². The van der Waals surface area contributed by atoms with E-state index in [9.17, 15) is 23.6 Å². The first-order valence-corrected chi connectivity index (χ1v) is 15.8. The minimum Gasteiger partial charge on any atom is -0.462 e. The highest BCUT2D eigenvalue weighted by atomic mass is 19.1. The molecule has 3 heterocycles. The molecule has 0 radical (unpaired) electrons. The van der Waals surface area contributed by atoms with Crippen molar-refractivity contribution in [2.75, 3.05) is 11.9 Å². The molecule has 0 aliphatic carbocycles. The average Bonchev–Trinajstić information content (AvgIpc) is 3.59. The fraction of sp³-hybridized carbons (Fsp3) is 0.545. The van der Waals surface area contributed by atoms with E-state index in [1.807, 2.05) is 6.92 Å². The molecule has 3 aromatic rings. The second kappa shape index (κ2) is 15.4. The van der Waals surface area contributed by atoms with Gasteiger partial charge in [-0.1, -0.05) is 65.7 Å². The van der Waals surface area contributed by atoms with Crippen LogP contribution in [0.4, 0.5) is 10.2 Å². The van der Waals surface area contributed by atoms with Gasteiger partial charge >= 0.3 is 24.0 Å². The summed E-state index contributed by atoms with van der Waals surface area (Å²) in [7, 11) is 0. The molecule has 1 aromatic carbocycles. The van der Waals surface area contributed by atoms with Crippen LogP contribution in [0.3, 0.4) is 0 Å². The van der Waals surface area contributed by atoms with Crippen LogP contribution >= 0.6 is 0 Å². The van der Waals surface area contributed by atoms with Crippen LogP contribution in [0.1, 0.15) is 95.8 Å². The Labute approximate surface area is 272 Å². The zero-order chi connectivity index (χ0) is 34.3. The summed E-state index contributed by atoms with van der Waals surface area (Å²) in [6.45, 7) is 10.2. The summed E-state index contributed by atoms with van der Waals surface area (Å²) in [5, 5.41) is 2.61. The standard InChI is InChI=1S/C33H42FN5O8/c1-7-8-9-14-25(40)44-16-21-12-10-11-13-22(21)29(41)36-27-26-28(38-32(34)37-27)39(18-35-26)24-15-23(46-31(43)20(4)5)33(6,47-24)17-45-30(42)19(2)3/h10-13,18-20,23-24H,7-9,14-17H2,1-6H3,(H,36,37,38,41)/t23-,24+,33+/m0/s1.